The first kappa shape index (κ1) is 27.0. The van der Waals surface area contributed by atoms with Crippen molar-refractivity contribution in [3.05, 3.63) is 53.6 Å². The summed E-state index contributed by atoms with van der Waals surface area (Å²) in [5, 5.41) is 2.84. The van der Waals surface area contributed by atoms with Crippen LogP contribution in [-0.2, 0) is 9.53 Å². The second kappa shape index (κ2) is 11.9. The number of hydrogen-bond donors (Lipinski definition) is 1. The minimum Gasteiger partial charge on any atom is -0.497 e. The van der Waals surface area contributed by atoms with Gasteiger partial charge in [0.25, 0.3) is 11.8 Å². The molecule has 3 atom stereocenters. The second-order valence-electron chi connectivity index (χ2n) is 9.17. The third-order valence-electron chi connectivity index (χ3n) is 6.44. The highest BCUT2D eigenvalue weighted by Crippen LogP contribution is 2.27. The van der Waals surface area contributed by atoms with Crippen molar-refractivity contribution in [3.63, 3.8) is 0 Å². The fourth-order valence-electron chi connectivity index (χ4n) is 4.26. The Morgan fingerprint density at radius 2 is 1.83 bits per heavy atom. The van der Waals surface area contributed by atoms with Crippen molar-refractivity contribution in [2.45, 2.75) is 32.9 Å². The van der Waals surface area contributed by atoms with Gasteiger partial charge in [-0.2, -0.15) is 0 Å². The number of carbonyl (C=O) groups excluding carboxylic acids is 3. The number of ether oxygens (including phenoxy) is 3. The Labute approximate surface area is 212 Å². The van der Waals surface area contributed by atoms with Crippen molar-refractivity contribution in [2.75, 3.05) is 46.3 Å². The topological polar surface area (TPSA) is 97.4 Å². The molecule has 9 heteroatoms. The smallest absolute Gasteiger partial charge is 0.257 e. The summed E-state index contributed by atoms with van der Waals surface area (Å²) in [5.74, 6) is 0.301. The molecule has 1 N–H and O–H groups in total. The Morgan fingerprint density at radius 3 is 2.50 bits per heavy atom. The van der Waals surface area contributed by atoms with Crippen LogP contribution in [0, 0.1) is 5.92 Å². The number of anilines is 1. The van der Waals surface area contributed by atoms with Gasteiger partial charge in [0.2, 0.25) is 5.91 Å². The number of benzene rings is 2. The van der Waals surface area contributed by atoms with Crippen molar-refractivity contribution in [2.24, 2.45) is 5.92 Å². The first-order valence-corrected chi connectivity index (χ1v) is 11.9. The maximum absolute atomic E-state index is 13.5. The highest BCUT2D eigenvalue weighted by Gasteiger charge is 2.29. The van der Waals surface area contributed by atoms with Crippen LogP contribution in [0.5, 0.6) is 11.5 Å². The molecule has 3 rings (SSSR count). The van der Waals surface area contributed by atoms with Crippen LogP contribution >= 0.6 is 0 Å². The third kappa shape index (κ3) is 6.34. The monoisotopic (exact) mass is 497 g/mol. The number of fused-ring (bicyclic) bond motifs is 1. The Bertz CT molecular complexity index is 1100. The maximum Gasteiger partial charge on any atom is 0.257 e. The molecular formula is C27H35N3O6. The van der Waals surface area contributed by atoms with Crippen LogP contribution in [0.3, 0.4) is 0 Å². The second-order valence-corrected chi connectivity index (χ2v) is 9.17. The predicted octanol–water partition coefficient (Wildman–Crippen LogP) is 3.30. The Hall–Kier alpha value is -3.59. The molecule has 0 radical (unpaired) electrons. The molecule has 1 heterocycles. The molecule has 0 bridgehead atoms. The van der Waals surface area contributed by atoms with Gasteiger partial charge in [0.15, 0.2) is 0 Å². The third-order valence-corrected chi connectivity index (χ3v) is 6.44. The first-order valence-electron chi connectivity index (χ1n) is 11.9. The van der Waals surface area contributed by atoms with E-state index in [9.17, 15) is 14.4 Å². The average Bonchev–Trinajstić information content (AvgIpc) is 2.87. The van der Waals surface area contributed by atoms with E-state index in [4.69, 9.17) is 14.2 Å². The minimum absolute atomic E-state index is 0.0102. The zero-order valence-electron chi connectivity index (χ0n) is 21.7. The molecule has 36 heavy (non-hydrogen) atoms. The van der Waals surface area contributed by atoms with Gasteiger partial charge in [-0.05, 0) is 43.3 Å². The van der Waals surface area contributed by atoms with Crippen molar-refractivity contribution >= 4 is 23.4 Å². The van der Waals surface area contributed by atoms with E-state index in [1.807, 2.05) is 13.8 Å². The van der Waals surface area contributed by atoms with Crippen LogP contribution in [0.4, 0.5) is 5.69 Å². The molecule has 0 saturated heterocycles. The van der Waals surface area contributed by atoms with Crippen molar-refractivity contribution in [1.82, 2.24) is 9.80 Å². The lowest BCUT2D eigenvalue weighted by atomic mass is 10.0. The van der Waals surface area contributed by atoms with E-state index >= 15 is 0 Å². The Balaban J connectivity index is 1.93. The number of likely N-dealkylation sites (N-methyl/N-ethyl adjacent to an activating group) is 1. The van der Waals surface area contributed by atoms with E-state index in [-0.39, 0.29) is 42.4 Å². The van der Waals surface area contributed by atoms with Crippen LogP contribution < -0.4 is 14.8 Å². The predicted molar refractivity (Wildman–Crippen MR) is 137 cm³/mol. The molecule has 0 fully saturated rings. The minimum atomic E-state index is -0.331. The number of nitrogens with zero attached hydrogens (tertiary/aromatic N) is 2. The van der Waals surface area contributed by atoms with Gasteiger partial charge < -0.3 is 29.3 Å². The molecule has 0 spiro atoms. The van der Waals surface area contributed by atoms with E-state index in [0.29, 0.717) is 41.4 Å². The molecule has 0 aliphatic carbocycles. The van der Waals surface area contributed by atoms with Gasteiger partial charge in [0.05, 0.1) is 24.8 Å². The fraction of sp³-hybridized carbons (Fsp3) is 0.444. The van der Waals surface area contributed by atoms with Gasteiger partial charge >= 0.3 is 0 Å². The first-order chi connectivity index (χ1) is 17.1. The van der Waals surface area contributed by atoms with Gasteiger partial charge in [0, 0.05) is 51.3 Å². The summed E-state index contributed by atoms with van der Waals surface area (Å²) in [6.45, 7) is 6.49. The molecule has 3 amide bonds. The normalized spacial score (nSPS) is 20.9. The summed E-state index contributed by atoms with van der Waals surface area (Å²) in [6.07, 6.45) is -0.271. The summed E-state index contributed by atoms with van der Waals surface area (Å²) in [7, 11) is 4.84. The Kier molecular flexibility index (Phi) is 8.93. The number of rotatable bonds is 4. The molecule has 2 aromatic carbocycles. The van der Waals surface area contributed by atoms with E-state index < -0.39 is 0 Å². The van der Waals surface area contributed by atoms with Gasteiger partial charge in [-0.3, -0.25) is 14.4 Å². The van der Waals surface area contributed by atoms with Crippen molar-refractivity contribution < 1.29 is 28.6 Å². The number of amides is 3. The van der Waals surface area contributed by atoms with Gasteiger partial charge in [-0.15, -0.1) is 0 Å². The van der Waals surface area contributed by atoms with E-state index in [1.54, 1.807) is 66.4 Å². The Morgan fingerprint density at radius 1 is 1.08 bits per heavy atom. The summed E-state index contributed by atoms with van der Waals surface area (Å²) in [6, 6.07) is 11.6. The van der Waals surface area contributed by atoms with Crippen LogP contribution in [-0.4, -0.2) is 80.6 Å². The summed E-state index contributed by atoms with van der Waals surface area (Å²) in [4.78, 5) is 42.0. The lowest BCUT2D eigenvalue weighted by molar-refractivity contribution is -0.133. The molecule has 1 aliphatic rings. The summed E-state index contributed by atoms with van der Waals surface area (Å²) < 4.78 is 16.9. The number of methoxy groups -OCH3 is 2. The van der Waals surface area contributed by atoms with Gasteiger partial charge in [0.1, 0.15) is 18.1 Å². The van der Waals surface area contributed by atoms with Crippen molar-refractivity contribution in [1.29, 1.82) is 0 Å². The van der Waals surface area contributed by atoms with Crippen LogP contribution in [0.25, 0.3) is 0 Å². The molecule has 1 aliphatic heterocycles. The number of nitrogens with one attached hydrogen (secondary N) is 1. The van der Waals surface area contributed by atoms with Crippen molar-refractivity contribution in [3.8, 4) is 11.5 Å². The highest BCUT2D eigenvalue weighted by molar-refractivity contribution is 6.05. The maximum atomic E-state index is 13.5. The summed E-state index contributed by atoms with van der Waals surface area (Å²) >= 11 is 0. The van der Waals surface area contributed by atoms with E-state index in [2.05, 4.69) is 5.32 Å². The SMILES string of the molecule is COc1cccc(C(=O)Nc2ccc3c(c2)C(=O)N(C)C[C@H](OC)[C@@H](C)CN(C(C)=O)[C@@H](C)CO3)c1. The zero-order valence-corrected chi connectivity index (χ0v) is 21.7. The molecular weight excluding hydrogens is 462 g/mol. The van der Waals surface area contributed by atoms with Crippen LogP contribution in [0.2, 0.25) is 0 Å². The fourth-order valence-corrected chi connectivity index (χ4v) is 4.26. The molecule has 0 unspecified atom stereocenters. The quantitative estimate of drug-likeness (QED) is 0.696. The largest absolute Gasteiger partial charge is 0.497 e. The van der Waals surface area contributed by atoms with Crippen LogP contribution in [0.1, 0.15) is 41.5 Å². The van der Waals surface area contributed by atoms with Gasteiger partial charge in [-0.25, -0.2) is 0 Å². The number of carbonyl (C=O) groups is 3. The number of hydrogen-bond acceptors (Lipinski definition) is 6. The molecule has 194 valence electrons. The molecule has 0 saturated carbocycles. The van der Waals surface area contributed by atoms with E-state index in [0.717, 1.165) is 0 Å². The zero-order chi connectivity index (χ0) is 26.4. The lowest BCUT2D eigenvalue weighted by Crippen LogP contribution is -2.48. The summed E-state index contributed by atoms with van der Waals surface area (Å²) in [5.41, 5.74) is 1.19. The average molecular weight is 498 g/mol. The molecule has 9 nitrogen and oxygen atoms in total. The standard InChI is InChI=1S/C27H35N3O6/c1-17-14-30(19(3)31)18(2)16-36-24-11-10-21(13-23(24)27(33)29(4)15-25(17)35-6)28-26(32)20-8-7-9-22(12-20)34-5/h7-13,17-18,25H,14-16H2,1-6H3,(H,28,32)/t17-,18-,25-/m0/s1. The molecule has 2 aromatic rings. The lowest BCUT2D eigenvalue weighted by Gasteiger charge is -2.35. The highest BCUT2D eigenvalue weighted by atomic mass is 16.5. The van der Waals surface area contributed by atoms with Gasteiger partial charge in [-0.1, -0.05) is 13.0 Å². The van der Waals surface area contributed by atoms with E-state index in [1.165, 1.54) is 14.0 Å². The van der Waals surface area contributed by atoms with Crippen LogP contribution in [0.15, 0.2) is 42.5 Å². The molecule has 0 aromatic heterocycles.